The summed E-state index contributed by atoms with van der Waals surface area (Å²) in [5.74, 6) is 0.926. The largest absolute Gasteiger partial charge is 0.396 e. The van der Waals surface area contributed by atoms with Gasteiger partial charge in [-0.1, -0.05) is 0 Å². The van der Waals surface area contributed by atoms with Crippen LogP contribution in [-0.2, 0) is 0 Å². The fourth-order valence-corrected chi connectivity index (χ4v) is 1.80. The normalized spacial score (nSPS) is 12.8. The highest BCUT2D eigenvalue weighted by atomic mass is 32.2. The fraction of sp³-hybridized carbons (Fsp3) is 0.500. The molecule has 1 unspecified atom stereocenters. The molecule has 3 N–H and O–H groups in total. The molecule has 3 nitrogen and oxygen atoms in total. The van der Waals surface area contributed by atoms with Gasteiger partial charge in [0.25, 0.3) is 0 Å². The van der Waals surface area contributed by atoms with Crippen LogP contribution in [0.2, 0.25) is 0 Å². The number of thioether (sulfide) groups is 1. The van der Waals surface area contributed by atoms with E-state index in [4.69, 9.17) is 10.8 Å². The summed E-state index contributed by atoms with van der Waals surface area (Å²) in [6, 6.07) is 3.96. The molecule has 0 amide bonds. The van der Waals surface area contributed by atoms with Gasteiger partial charge in [0.2, 0.25) is 0 Å². The van der Waals surface area contributed by atoms with Crippen LogP contribution in [0, 0.1) is 0 Å². The Hall–Kier alpha value is -0.580. The third kappa shape index (κ3) is 3.65. The van der Waals surface area contributed by atoms with Gasteiger partial charge in [-0.15, -0.1) is 11.8 Å². The van der Waals surface area contributed by atoms with Crippen molar-refractivity contribution in [1.82, 2.24) is 4.98 Å². The Balaban J connectivity index is 2.47. The zero-order valence-electron chi connectivity index (χ0n) is 8.31. The Morgan fingerprint density at radius 3 is 2.86 bits per heavy atom. The number of aliphatic hydroxyl groups is 1. The van der Waals surface area contributed by atoms with Gasteiger partial charge in [0.05, 0.1) is 5.69 Å². The first-order chi connectivity index (χ1) is 6.74. The molecule has 78 valence electrons. The van der Waals surface area contributed by atoms with Crippen molar-refractivity contribution in [1.29, 1.82) is 0 Å². The van der Waals surface area contributed by atoms with Crippen molar-refractivity contribution in [2.24, 2.45) is 5.73 Å². The predicted octanol–water partition coefficient (Wildman–Crippen LogP) is 1.58. The summed E-state index contributed by atoms with van der Waals surface area (Å²) >= 11 is 1.70. The molecule has 0 aliphatic heterocycles. The number of aromatic nitrogens is 1. The third-order valence-electron chi connectivity index (χ3n) is 1.80. The van der Waals surface area contributed by atoms with Crippen molar-refractivity contribution in [2.45, 2.75) is 24.3 Å². The zero-order valence-corrected chi connectivity index (χ0v) is 9.13. The summed E-state index contributed by atoms with van der Waals surface area (Å²) in [4.78, 5) is 5.38. The van der Waals surface area contributed by atoms with E-state index in [2.05, 4.69) is 4.98 Å². The van der Waals surface area contributed by atoms with Crippen LogP contribution in [0.3, 0.4) is 0 Å². The van der Waals surface area contributed by atoms with Crippen molar-refractivity contribution >= 4 is 11.8 Å². The van der Waals surface area contributed by atoms with Gasteiger partial charge >= 0.3 is 0 Å². The van der Waals surface area contributed by atoms with E-state index >= 15 is 0 Å². The first-order valence-electron chi connectivity index (χ1n) is 4.69. The van der Waals surface area contributed by atoms with Crippen molar-refractivity contribution in [2.75, 3.05) is 12.4 Å². The quantitative estimate of drug-likeness (QED) is 0.574. The average Bonchev–Trinajstić information content (AvgIpc) is 2.19. The fourth-order valence-electron chi connectivity index (χ4n) is 1.00. The van der Waals surface area contributed by atoms with Gasteiger partial charge in [-0.05, 0) is 25.5 Å². The molecule has 14 heavy (non-hydrogen) atoms. The minimum absolute atomic E-state index is 0.00788. The third-order valence-corrected chi connectivity index (χ3v) is 2.86. The smallest absolute Gasteiger partial charge is 0.0569 e. The maximum absolute atomic E-state index is 8.62. The standard InChI is InChI=1S/C10H16N2OS/c1-8(11)10-4-3-9(7-12-10)14-6-2-5-13/h3-4,7-8,13H,2,5-6,11H2,1H3. The molecule has 0 aliphatic rings. The lowest BCUT2D eigenvalue weighted by Gasteiger charge is -2.05. The SMILES string of the molecule is CC(N)c1ccc(SCCCO)cn1. The first kappa shape index (κ1) is 11.5. The lowest BCUT2D eigenvalue weighted by molar-refractivity contribution is 0.296. The van der Waals surface area contributed by atoms with Crippen LogP contribution in [0.4, 0.5) is 0 Å². The maximum Gasteiger partial charge on any atom is 0.0569 e. The van der Waals surface area contributed by atoms with E-state index in [1.165, 1.54) is 0 Å². The molecule has 1 atom stereocenters. The predicted molar refractivity (Wildman–Crippen MR) is 59.3 cm³/mol. The van der Waals surface area contributed by atoms with Crippen LogP contribution < -0.4 is 5.73 Å². The number of hydrogen-bond acceptors (Lipinski definition) is 4. The Morgan fingerprint density at radius 2 is 2.36 bits per heavy atom. The number of nitrogens with two attached hydrogens (primary N) is 1. The topological polar surface area (TPSA) is 59.1 Å². The molecule has 0 saturated heterocycles. The van der Waals surface area contributed by atoms with E-state index in [0.29, 0.717) is 0 Å². The molecular weight excluding hydrogens is 196 g/mol. The highest BCUT2D eigenvalue weighted by molar-refractivity contribution is 7.99. The number of rotatable bonds is 5. The summed E-state index contributed by atoms with van der Waals surface area (Å²) in [7, 11) is 0. The van der Waals surface area contributed by atoms with Crippen LogP contribution in [0.15, 0.2) is 23.2 Å². The number of aliphatic hydroxyl groups excluding tert-OH is 1. The average molecular weight is 212 g/mol. The van der Waals surface area contributed by atoms with Crippen molar-refractivity contribution in [3.05, 3.63) is 24.0 Å². The van der Waals surface area contributed by atoms with Crippen molar-refractivity contribution < 1.29 is 5.11 Å². The van der Waals surface area contributed by atoms with E-state index in [0.717, 1.165) is 22.8 Å². The van der Waals surface area contributed by atoms with Crippen LogP contribution in [0.1, 0.15) is 25.1 Å². The highest BCUT2D eigenvalue weighted by Crippen LogP contribution is 2.18. The number of pyridine rings is 1. The second-order valence-electron chi connectivity index (χ2n) is 3.13. The molecule has 0 fully saturated rings. The van der Waals surface area contributed by atoms with E-state index in [-0.39, 0.29) is 12.6 Å². The van der Waals surface area contributed by atoms with Crippen molar-refractivity contribution in [3.63, 3.8) is 0 Å². The summed E-state index contributed by atoms with van der Waals surface area (Å²) in [6.07, 6.45) is 2.65. The molecule has 1 aromatic heterocycles. The van der Waals surface area contributed by atoms with E-state index < -0.39 is 0 Å². The molecule has 4 heteroatoms. The summed E-state index contributed by atoms with van der Waals surface area (Å²) in [5.41, 5.74) is 6.60. The van der Waals surface area contributed by atoms with Crippen LogP contribution in [0.25, 0.3) is 0 Å². The Labute approximate surface area is 88.7 Å². The second kappa shape index (κ2) is 6.01. The van der Waals surface area contributed by atoms with E-state index in [9.17, 15) is 0 Å². The molecule has 0 spiro atoms. The van der Waals surface area contributed by atoms with E-state index in [1.807, 2.05) is 25.3 Å². The first-order valence-corrected chi connectivity index (χ1v) is 5.68. The molecule has 1 heterocycles. The number of hydrogen-bond donors (Lipinski definition) is 2. The van der Waals surface area contributed by atoms with Gasteiger partial charge < -0.3 is 10.8 Å². The number of nitrogens with zero attached hydrogens (tertiary/aromatic N) is 1. The monoisotopic (exact) mass is 212 g/mol. The molecule has 0 saturated carbocycles. The van der Waals surface area contributed by atoms with Gasteiger partial charge in [0, 0.05) is 29.5 Å². The summed E-state index contributed by atoms with van der Waals surface area (Å²) in [5, 5.41) is 8.62. The Kier molecular flexibility index (Phi) is 4.93. The van der Waals surface area contributed by atoms with Gasteiger partial charge in [0.15, 0.2) is 0 Å². The molecular formula is C10H16N2OS. The minimum atomic E-state index is -0.00788. The van der Waals surface area contributed by atoms with Crippen molar-refractivity contribution in [3.8, 4) is 0 Å². The highest BCUT2D eigenvalue weighted by Gasteiger charge is 2.00. The Morgan fingerprint density at radius 1 is 1.57 bits per heavy atom. The molecule has 0 radical (unpaired) electrons. The summed E-state index contributed by atoms with van der Waals surface area (Å²) < 4.78 is 0. The van der Waals surface area contributed by atoms with Crippen LogP contribution >= 0.6 is 11.8 Å². The summed E-state index contributed by atoms with van der Waals surface area (Å²) in [6.45, 7) is 2.17. The van der Waals surface area contributed by atoms with Gasteiger partial charge in [-0.25, -0.2) is 0 Å². The lowest BCUT2D eigenvalue weighted by atomic mass is 10.2. The lowest BCUT2D eigenvalue weighted by Crippen LogP contribution is -2.06. The van der Waals surface area contributed by atoms with Crippen LogP contribution in [0.5, 0.6) is 0 Å². The van der Waals surface area contributed by atoms with Crippen LogP contribution in [-0.4, -0.2) is 22.5 Å². The zero-order chi connectivity index (χ0) is 10.4. The molecule has 0 bridgehead atoms. The maximum atomic E-state index is 8.62. The van der Waals surface area contributed by atoms with E-state index in [1.54, 1.807) is 11.8 Å². The molecule has 0 aliphatic carbocycles. The second-order valence-corrected chi connectivity index (χ2v) is 4.30. The Bertz CT molecular complexity index is 261. The van der Waals surface area contributed by atoms with Gasteiger partial charge in [-0.3, -0.25) is 4.98 Å². The molecule has 0 aromatic carbocycles. The molecule has 1 rings (SSSR count). The van der Waals surface area contributed by atoms with Gasteiger partial charge in [0.1, 0.15) is 0 Å². The molecule has 1 aromatic rings. The van der Waals surface area contributed by atoms with Gasteiger partial charge in [-0.2, -0.15) is 0 Å². The minimum Gasteiger partial charge on any atom is -0.396 e.